The topological polar surface area (TPSA) is 146 Å². The Bertz CT molecular complexity index is 1260. The Labute approximate surface area is 182 Å². The second kappa shape index (κ2) is 8.66. The number of rotatable bonds is 6. The summed E-state index contributed by atoms with van der Waals surface area (Å²) in [5, 5.41) is 13.2. The van der Waals surface area contributed by atoms with E-state index in [4.69, 9.17) is 11.6 Å². The maximum atomic E-state index is 12.5. The zero-order valence-corrected chi connectivity index (χ0v) is 17.8. The molecule has 2 aromatic carbocycles. The van der Waals surface area contributed by atoms with Crippen molar-refractivity contribution in [3.63, 3.8) is 0 Å². The number of benzene rings is 2. The summed E-state index contributed by atoms with van der Waals surface area (Å²) >= 11 is 5.95. The van der Waals surface area contributed by atoms with Crippen molar-refractivity contribution in [2.75, 3.05) is 5.32 Å². The number of aromatic nitrogens is 2. The maximum Gasteiger partial charge on any atom is 0.270 e. The highest BCUT2D eigenvalue weighted by atomic mass is 35.5. The third kappa shape index (κ3) is 5.32. The van der Waals surface area contributed by atoms with E-state index in [0.717, 1.165) is 12.1 Å². The van der Waals surface area contributed by atoms with Gasteiger partial charge in [0.15, 0.2) is 0 Å². The second-order valence-corrected chi connectivity index (χ2v) is 8.39. The lowest BCUT2D eigenvalue weighted by Gasteiger charge is -2.17. The number of amides is 1. The van der Waals surface area contributed by atoms with Crippen molar-refractivity contribution in [3.8, 4) is 0 Å². The minimum atomic E-state index is -4.03. The normalized spacial score (nSPS) is 11.1. The lowest BCUT2D eigenvalue weighted by molar-refractivity contribution is -0.384. The molecule has 160 valence electrons. The number of carbonyl (C=O) groups excluding carboxylic acids is 1. The zero-order chi connectivity index (χ0) is 22.8. The predicted molar refractivity (Wildman–Crippen MR) is 114 cm³/mol. The average molecular weight is 461 g/mol. The molecule has 0 unspecified atom stereocenters. The number of nitro groups is 1. The maximum absolute atomic E-state index is 12.5. The summed E-state index contributed by atoms with van der Waals surface area (Å²) < 4.78 is 28.8. The van der Waals surface area contributed by atoms with E-state index in [1.54, 1.807) is 13.8 Å². The van der Waals surface area contributed by atoms with Crippen molar-refractivity contribution >= 4 is 44.7 Å². The lowest BCUT2D eigenvalue weighted by atomic mass is 10.2. The van der Waals surface area contributed by atoms with Crippen LogP contribution in [0.15, 0.2) is 53.4 Å². The number of aryl methyl sites for hydroxylation is 2. The van der Waals surface area contributed by atoms with Gasteiger partial charge in [-0.25, -0.2) is 8.42 Å². The van der Waals surface area contributed by atoms with E-state index in [9.17, 15) is 23.3 Å². The first-order valence-corrected chi connectivity index (χ1v) is 10.5. The van der Waals surface area contributed by atoms with E-state index < -0.39 is 20.9 Å². The summed E-state index contributed by atoms with van der Waals surface area (Å²) in [4.78, 5) is 30.5. The number of sulfonamides is 1. The van der Waals surface area contributed by atoms with Gasteiger partial charge in [0.25, 0.3) is 11.6 Å². The second-order valence-electron chi connectivity index (χ2n) is 6.38. The standard InChI is InChI=1S/C19H16ClN5O5S/c1-11-9-18(22-12(2)21-11)24-31(29,30)15-6-3-13(4-7-15)23-19(26)16-8-5-14(25(27)28)10-17(16)20/h3-10H,1-2H3,(H2,21,22,23,24,26)/p-1. The Morgan fingerprint density at radius 3 is 2.35 bits per heavy atom. The van der Waals surface area contributed by atoms with Gasteiger partial charge in [0.1, 0.15) is 0 Å². The SMILES string of the molecule is Cc1cc([N-]S(=O)(=O)c2ccc(NC(=O)c3ccc([N+](=O)[O-])cc3Cl)cc2)nc(C)n1. The van der Waals surface area contributed by atoms with Crippen LogP contribution in [0, 0.1) is 24.0 Å². The fourth-order valence-electron chi connectivity index (χ4n) is 2.63. The molecule has 0 bridgehead atoms. The van der Waals surface area contributed by atoms with Crippen LogP contribution in [0.3, 0.4) is 0 Å². The van der Waals surface area contributed by atoms with Crippen LogP contribution in [-0.2, 0) is 10.0 Å². The first kappa shape index (κ1) is 22.1. The first-order valence-electron chi connectivity index (χ1n) is 8.71. The summed E-state index contributed by atoms with van der Waals surface area (Å²) in [6, 6.07) is 10.3. The molecule has 3 aromatic rings. The molecular weight excluding hydrogens is 446 g/mol. The number of halogens is 1. The molecule has 0 spiro atoms. The molecule has 0 aliphatic rings. The smallest absolute Gasteiger partial charge is 0.270 e. The summed E-state index contributed by atoms with van der Waals surface area (Å²) in [6.45, 7) is 3.34. The molecule has 31 heavy (non-hydrogen) atoms. The van der Waals surface area contributed by atoms with Crippen molar-refractivity contribution in [3.05, 3.63) is 85.5 Å². The number of nitrogens with zero attached hydrogens (tertiary/aromatic N) is 4. The molecule has 1 heterocycles. The number of anilines is 1. The number of hydrogen-bond donors (Lipinski definition) is 1. The molecule has 0 saturated heterocycles. The molecular formula is C19H15ClN5O5S-. The van der Waals surface area contributed by atoms with Gasteiger partial charge < -0.3 is 15.0 Å². The number of carbonyl (C=O) groups is 1. The van der Waals surface area contributed by atoms with Gasteiger partial charge in [-0.05, 0) is 56.1 Å². The molecule has 0 saturated carbocycles. The summed E-state index contributed by atoms with van der Waals surface area (Å²) in [6.07, 6.45) is 0. The number of hydrogen-bond acceptors (Lipinski definition) is 7. The quantitative estimate of drug-likeness (QED) is 0.426. The fraction of sp³-hybridized carbons (Fsp3) is 0.105. The molecule has 1 aromatic heterocycles. The van der Waals surface area contributed by atoms with Crippen LogP contribution in [0.4, 0.5) is 17.2 Å². The van der Waals surface area contributed by atoms with E-state index in [1.807, 2.05) is 0 Å². The van der Waals surface area contributed by atoms with Crippen molar-refractivity contribution in [2.45, 2.75) is 18.7 Å². The van der Waals surface area contributed by atoms with Crippen molar-refractivity contribution in [2.24, 2.45) is 0 Å². The average Bonchev–Trinajstić information content (AvgIpc) is 2.67. The van der Waals surface area contributed by atoms with Crippen LogP contribution in [0.1, 0.15) is 21.9 Å². The van der Waals surface area contributed by atoms with E-state index in [1.165, 1.54) is 36.4 Å². The van der Waals surface area contributed by atoms with Gasteiger partial charge in [-0.1, -0.05) is 11.6 Å². The van der Waals surface area contributed by atoms with E-state index in [0.29, 0.717) is 17.2 Å². The van der Waals surface area contributed by atoms with Gasteiger partial charge >= 0.3 is 0 Å². The van der Waals surface area contributed by atoms with Gasteiger partial charge in [-0.2, -0.15) is 0 Å². The van der Waals surface area contributed by atoms with Crippen LogP contribution < -0.4 is 5.32 Å². The Kier molecular flexibility index (Phi) is 6.18. The Hall–Kier alpha value is -3.57. The van der Waals surface area contributed by atoms with Crippen LogP contribution in [0.5, 0.6) is 0 Å². The largest absolute Gasteiger partial charge is 0.423 e. The third-order valence-corrected chi connectivity index (χ3v) is 5.59. The monoisotopic (exact) mass is 460 g/mol. The van der Waals surface area contributed by atoms with Crippen LogP contribution in [0.25, 0.3) is 4.72 Å². The third-order valence-electron chi connectivity index (χ3n) is 3.98. The molecule has 0 aliphatic carbocycles. The van der Waals surface area contributed by atoms with Crippen molar-refractivity contribution < 1.29 is 18.1 Å². The highest BCUT2D eigenvalue weighted by Gasteiger charge is 2.16. The highest BCUT2D eigenvalue weighted by molar-refractivity contribution is 7.94. The van der Waals surface area contributed by atoms with Crippen molar-refractivity contribution in [1.29, 1.82) is 0 Å². The molecule has 0 aliphatic heterocycles. The Morgan fingerprint density at radius 2 is 1.77 bits per heavy atom. The highest BCUT2D eigenvalue weighted by Crippen LogP contribution is 2.28. The molecule has 0 fully saturated rings. The minimum absolute atomic E-state index is 0.0233. The fourth-order valence-corrected chi connectivity index (χ4v) is 3.82. The molecule has 1 amide bonds. The molecule has 0 atom stereocenters. The summed E-state index contributed by atoms with van der Waals surface area (Å²) in [7, 11) is -4.03. The first-order chi connectivity index (χ1) is 14.5. The lowest BCUT2D eigenvalue weighted by Crippen LogP contribution is -2.12. The van der Waals surface area contributed by atoms with E-state index in [2.05, 4.69) is 20.0 Å². The number of nitrogens with one attached hydrogen (secondary N) is 1. The van der Waals surface area contributed by atoms with Crippen LogP contribution in [0.2, 0.25) is 5.02 Å². The molecule has 10 nitrogen and oxygen atoms in total. The Balaban J connectivity index is 1.75. The van der Waals surface area contributed by atoms with Crippen LogP contribution in [-0.4, -0.2) is 29.2 Å². The molecule has 12 heteroatoms. The van der Waals surface area contributed by atoms with Crippen molar-refractivity contribution in [1.82, 2.24) is 9.97 Å². The Morgan fingerprint density at radius 1 is 1.10 bits per heavy atom. The molecule has 1 N–H and O–H groups in total. The van der Waals surface area contributed by atoms with E-state index >= 15 is 0 Å². The summed E-state index contributed by atoms with van der Waals surface area (Å²) in [5.41, 5.74) is 0.680. The van der Waals surface area contributed by atoms with Gasteiger partial charge in [0.05, 0.1) is 20.4 Å². The van der Waals surface area contributed by atoms with Crippen LogP contribution >= 0.6 is 11.6 Å². The van der Waals surface area contributed by atoms with Gasteiger partial charge in [0.2, 0.25) is 10.0 Å². The predicted octanol–water partition coefficient (Wildman–Crippen LogP) is 4.30. The van der Waals surface area contributed by atoms with Gasteiger partial charge in [-0.15, -0.1) is 0 Å². The zero-order valence-electron chi connectivity index (χ0n) is 16.2. The minimum Gasteiger partial charge on any atom is -0.423 e. The van der Waals surface area contributed by atoms with E-state index in [-0.39, 0.29) is 27.0 Å². The summed E-state index contributed by atoms with van der Waals surface area (Å²) in [5.74, 6) is -0.181. The number of nitro benzene ring substituents is 1. The van der Waals surface area contributed by atoms with Gasteiger partial charge in [0, 0.05) is 29.3 Å². The number of non-ortho nitro benzene ring substituents is 1. The van der Waals surface area contributed by atoms with Gasteiger partial charge in [-0.3, -0.25) is 19.9 Å². The molecule has 3 rings (SSSR count). The molecule has 0 radical (unpaired) electrons.